The van der Waals surface area contributed by atoms with Gasteiger partial charge in [-0.15, -0.1) is 0 Å². The monoisotopic (exact) mass is 399 g/mol. The second kappa shape index (κ2) is 7.79. The van der Waals surface area contributed by atoms with Crippen LogP contribution in [0, 0.1) is 5.82 Å². The Kier molecular flexibility index (Phi) is 6.03. The first-order valence-corrected chi connectivity index (χ1v) is 8.42. The number of hydrogen-bond acceptors (Lipinski definition) is 3. The Labute approximate surface area is 159 Å². The molecule has 0 bridgehead atoms. The fourth-order valence-corrected chi connectivity index (χ4v) is 2.95. The van der Waals surface area contributed by atoms with E-state index in [4.69, 9.17) is 10.5 Å². The van der Waals surface area contributed by atoms with Crippen LogP contribution in [0.1, 0.15) is 31.4 Å². The summed E-state index contributed by atoms with van der Waals surface area (Å²) in [4.78, 5) is 11.4. The third-order valence-corrected chi connectivity index (χ3v) is 4.48. The first-order valence-electron chi connectivity index (χ1n) is 8.42. The number of alkyl halides is 3. The van der Waals surface area contributed by atoms with Crippen LogP contribution in [0.25, 0.3) is 0 Å². The van der Waals surface area contributed by atoms with E-state index >= 15 is 0 Å². The van der Waals surface area contributed by atoms with Crippen molar-refractivity contribution in [1.29, 1.82) is 0 Å². The molecule has 2 aromatic carbocycles. The van der Waals surface area contributed by atoms with E-state index < -0.39 is 35.3 Å². The van der Waals surface area contributed by atoms with Gasteiger partial charge in [0, 0.05) is 12.0 Å². The molecule has 2 aromatic rings. The molecule has 8 heteroatoms. The number of primary amides is 1. The Morgan fingerprint density at radius 3 is 2.25 bits per heavy atom. The van der Waals surface area contributed by atoms with Crippen LogP contribution in [0.5, 0.6) is 5.75 Å². The number of hydrogen-bond donors (Lipinski definition) is 2. The molecule has 1 unspecified atom stereocenters. The first-order chi connectivity index (χ1) is 12.9. The van der Waals surface area contributed by atoms with Crippen LogP contribution in [0.3, 0.4) is 0 Å². The number of amides is 1. The zero-order valence-corrected chi connectivity index (χ0v) is 15.4. The van der Waals surface area contributed by atoms with E-state index in [0.717, 1.165) is 17.7 Å². The van der Waals surface area contributed by atoms with Gasteiger partial charge in [-0.1, -0.05) is 44.2 Å². The number of nitrogens with two attached hydrogens (primary N) is 1. The Balaban J connectivity index is 2.38. The van der Waals surface area contributed by atoms with Crippen LogP contribution in [0.2, 0.25) is 0 Å². The Morgan fingerprint density at radius 1 is 1.11 bits per heavy atom. The van der Waals surface area contributed by atoms with Crippen LogP contribution < -0.4 is 10.5 Å². The van der Waals surface area contributed by atoms with Crippen molar-refractivity contribution in [3.05, 3.63) is 65.5 Å². The lowest BCUT2D eigenvalue weighted by Crippen LogP contribution is -2.58. The smallest absolute Gasteiger partial charge is 0.426 e. The molecule has 4 nitrogen and oxygen atoms in total. The number of carbonyl (C=O) groups is 1. The summed E-state index contributed by atoms with van der Waals surface area (Å²) in [5.41, 5.74) is 0.455. The third-order valence-electron chi connectivity index (χ3n) is 4.48. The molecule has 1 amide bonds. The highest BCUT2D eigenvalue weighted by molar-refractivity contribution is 5.84. The highest BCUT2D eigenvalue weighted by Crippen LogP contribution is 2.43. The van der Waals surface area contributed by atoms with E-state index in [-0.39, 0.29) is 17.9 Å². The summed E-state index contributed by atoms with van der Waals surface area (Å²) in [5, 5.41) is 9.96. The van der Waals surface area contributed by atoms with Crippen molar-refractivity contribution in [2.24, 2.45) is 5.73 Å². The van der Waals surface area contributed by atoms with E-state index in [9.17, 15) is 27.5 Å². The molecule has 1 atom stereocenters. The minimum atomic E-state index is -5.28. The highest BCUT2D eigenvalue weighted by atomic mass is 19.4. The van der Waals surface area contributed by atoms with Crippen LogP contribution in [-0.4, -0.2) is 22.8 Å². The van der Waals surface area contributed by atoms with Gasteiger partial charge in [-0.2, -0.15) is 13.2 Å². The lowest BCUT2D eigenvalue weighted by molar-refractivity contribution is -0.255. The second-order valence-electron chi connectivity index (χ2n) is 7.20. The topological polar surface area (TPSA) is 72.5 Å². The molecular formula is C20H21F4NO3. The third kappa shape index (κ3) is 4.62. The molecule has 0 aliphatic carbocycles. The van der Waals surface area contributed by atoms with Crippen molar-refractivity contribution in [3.8, 4) is 5.75 Å². The second-order valence-corrected chi connectivity index (χ2v) is 7.20. The van der Waals surface area contributed by atoms with Gasteiger partial charge in [0.05, 0.1) is 0 Å². The van der Waals surface area contributed by atoms with Crippen molar-refractivity contribution in [2.75, 3.05) is 0 Å². The van der Waals surface area contributed by atoms with E-state index in [1.54, 1.807) is 24.3 Å². The van der Waals surface area contributed by atoms with Crippen LogP contribution >= 0.6 is 0 Å². The van der Waals surface area contributed by atoms with Crippen molar-refractivity contribution in [1.82, 2.24) is 0 Å². The van der Waals surface area contributed by atoms with Crippen molar-refractivity contribution >= 4 is 5.91 Å². The largest absolute Gasteiger partial charge is 0.489 e. The summed E-state index contributed by atoms with van der Waals surface area (Å²) in [6, 6.07) is 12.4. The van der Waals surface area contributed by atoms with Gasteiger partial charge >= 0.3 is 6.18 Å². The SMILES string of the molecule is CC(C)(CC(O)(C(N)=O)C(F)(F)F)c1cc(F)ccc1OCc1ccccc1. The predicted molar refractivity (Wildman–Crippen MR) is 95.0 cm³/mol. The van der Waals surface area contributed by atoms with E-state index in [1.807, 2.05) is 6.07 Å². The summed E-state index contributed by atoms with van der Waals surface area (Å²) >= 11 is 0. The maximum absolute atomic E-state index is 13.8. The maximum Gasteiger partial charge on any atom is 0.426 e. The Hall–Kier alpha value is -2.61. The van der Waals surface area contributed by atoms with Gasteiger partial charge in [0.1, 0.15) is 18.2 Å². The minimum Gasteiger partial charge on any atom is -0.489 e. The molecule has 0 saturated carbocycles. The van der Waals surface area contributed by atoms with Gasteiger partial charge in [-0.3, -0.25) is 4.79 Å². The average Bonchev–Trinajstić information content (AvgIpc) is 2.60. The quantitative estimate of drug-likeness (QED) is 0.695. The van der Waals surface area contributed by atoms with Gasteiger partial charge in [0.2, 0.25) is 5.60 Å². The lowest BCUT2D eigenvalue weighted by Gasteiger charge is -2.36. The maximum atomic E-state index is 13.8. The van der Waals surface area contributed by atoms with E-state index in [0.29, 0.717) is 0 Å². The van der Waals surface area contributed by atoms with E-state index in [2.05, 4.69) is 0 Å². The van der Waals surface area contributed by atoms with Crippen LogP contribution in [-0.2, 0) is 16.8 Å². The molecule has 2 rings (SSSR count). The molecule has 0 saturated heterocycles. The predicted octanol–water partition coefficient (Wildman–Crippen LogP) is 3.85. The molecule has 0 heterocycles. The van der Waals surface area contributed by atoms with E-state index in [1.165, 1.54) is 19.9 Å². The van der Waals surface area contributed by atoms with Crippen LogP contribution in [0.15, 0.2) is 48.5 Å². The molecule has 0 radical (unpaired) electrons. The molecule has 152 valence electrons. The lowest BCUT2D eigenvalue weighted by atomic mass is 9.74. The van der Waals surface area contributed by atoms with Gasteiger partial charge in [0.25, 0.3) is 5.91 Å². The molecule has 0 aliphatic rings. The summed E-state index contributed by atoms with van der Waals surface area (Å²) in [6.45, 7) is 2.79. The number of aliphatic hydroxyl groups is 1. The fourth-order valence-electron chi connectivity index (χ4n) is 2.95. The minimum absolute atomic E-state index is 0.0763. The molecule has 0 fully saturated rings. The molecule has 3 N–H and O–H groups in total. The number of benzene rings is 2. The number of rotatable bonds is 7. The summed E-state index contributed by atoms with van der Waals surface area (Å²) in [7, 11) is 0. The van der Waals surface area contributed by atoms with Crippen molar-refractivity contribution in [3.63, 3.8) is 0 Å². The van der Waals surface area contributed by atoms with Gasteiger partial charge < -0.3 is 15.6 Å². The van der Waals surface area contributed by atoms with Crippen molar-refractivity contribution < 1.29 is 32.2 Å². The Bertz CT molecular complexity index is 837. The molecule has 0 aromatic heterocycles. The molecule has 0 aliphatic heterocycles. The van der Waals surface area contributed by atoms with Gasteiger partial charge in [-0.05, 0) is 29.2 Å². The summed E-state index contributed by atoms with van der Waals surface area (Å²) < 4.78 is 59.4. The number of halogens is 4. The number of ether oxygens (including phenoxy) is 1. The zero-order chi connectivity index (χ0) is 21.2. The highest BCUT2D eigenvalue weighted by Gasteiger charge is 2.60. The standard InChI is InChI=1S/C20H21F4NO3/c1-18(2,12-19(27,17(25)26)20(22,23)24)15-10-14(21)8-9-16(15)28-11-13-6-4-3-5-7-13/h3-10,27H,11-12H2,1-2H3,(H2,25,26). The normalized spacial score (nSPS) is 14.4. The summed E-state index contributed by atoms with van der Waals surface area (Å²) in [5.74, 6) is -2.47. The Morgan fingerprint density at radius 2 is 1.71 bits per heavy atom. The number of carbonyl (C=O) groups excluding carboxylic acids is 1. The summed E-state index contributed by atoms with van der Waals surface area (Å²) in [6.07, 6.45) is -6.38. The van der Waals surface area contributed by atoms with Crippen molar-refractivity contribution in [2.45, 2.75) is 44.1 Å². The van der Waals surface area contributed by atoms with Crippen LogP contribution in [0.4, 0.5) is 17.6 Å². The zero-order valence-electron chi connectivity index (χ0n) is 15.4. The van der Waals surface area contributed by atoms with Gasteiger partial charge in [-0.25, -0.2) is 4.39 Å². The molecule has 28 heavy (non-hydrogen) atoms. The fraction of sp³-hybridized carbons (Fsp3) is 0.350. The average molecular weight is 399 g/mol. The molecular weight excluding hydrogens is 378 g/mol. The first kappa shape index (κ1) is 21.7. The van der Waals surface area contributed by atoms with Gasteiger partial charge in [0.15, 0.2) is 0 Å². The molecule has 0 spiro atoms.